The first-order valence-electron chi connectivity index (χ1n) is 8.01. The Hall–Kier alpha value is -0.660. The number of esters is 1. The summed E-state index contributed by atoms with van der Waals surface area (Å²) in [6, 6.07) is -0.124. The lowest BCUT2D eigenvalue weighted by molar-refractivity contribution is -0.140. The topological polar surface area (TPSA) is 75.7 Å². The fourth-order valence-electron chi connectivity index (χ4n) is 3.24. The molecule has 0 aliphatic carbocycles. The van der Waals surface area contributed by atoms with Gasteiger partial charge in [0.25, 0.3) is 0 Å². The summed E-state index contributed by atoms with van der Waals surface area (Å²) in [5.74, 6) is 0.902. The van der Waals surface area contributed by atoms with E-state index >= 15 is 0 Å². The summed E-state index contributed by atoms with van der Waals surface area (Å²) in [6.07, 6.45) is 1.66. The molecule has 130 valence electrons. The van der Waals surface area contributed by atoms with Crippen LogP contribution in [0.5, 0.6) is 0 Å². The van der Waals surface area contributed by atoms with Crippen LogP contribution >= 0.6 is 0 Å². The van der Waals surface area contributed by atoms with Crippen LogP contribution in [0.1, 0.15) is 40.0 Å². The lowest BCUT2D eigenvalue weighted by Crippen LogP contribution is -2.47. The quantitative estimate of drug-likeness (QED) is 0.676. The number of carbonyl (C=O) groups is 1. The Bertz CT molecular complexity index is 442. The number of piperidine rings is 1. The van der Waals surface area contributed by atoms with E-state index in [0.29, 0.717) is 11.8 Å². The number of hydrogen-bond acceptors (Lipinski definition) is 5. The molecule has 3 atom stereocenters. The van der Waals surface area contributed by atoms with Crippen LogP contribution in [0.15, 0.2) is 0 Å². The largest absolute Gasteiger partial charge is 0.469 e. The number of ether oxygens (including phenoxy) is 1. The highest BCUT2D eigenvalue weighted by molar-refractivity contribution is 7.89. The second-order valence-corrected chi connectivity index (χ2v) is 8.56. The number of hydrogen-bond donors (Lipinski definition) is 1. The lowest BCUT2D eigenvalue weighted by Gasteiger charge is -2.36. The van der Waals surface area contributed by atoms with Gasteiger partial charge in [-0.2, -0.15) is 0 Å². The molecule has 0 amide bonds. The minimum Gasteiger partial charge on any atom is -0.469 e. The maximum atomic E-state index is 12.0. The van der Waals surface area contributed by atoms with Crippen LogP contribution in [0.25, 0.3) is 0 Å². The van der Waals surface area contributed by atoms with Gasteiger partial charge in [-0.25, -0.2) is 13.1 Å². The van der Waals surface area contributed by atoms with Crippen molar-refractivity contribution >= 4 is 16.0 Å². The highest BCUT2D eigenvalue weighted by Gasteiger charge is 2.24. The maximum Gasteiger partial charge on any atom is 0.305 e. The number of carbonyl (C=O) groups excluding carboxylic acids is 1. The van der Waals surface area contributed by atoms with Crippen molar-refractivity contribution in [2.45, 2.75) is 46.1 Å². The fourth-order valence-corrected chi connectivity index (χ4v) is 4.57. The molecular weight excluding hydrogens is 304 g/mol. The molecule has 1 saturated heterocycles. The summed E-state index contributed by atoms with van der Waals surface area (Å²) in [6.45, 7) is 9.15. The zero-order valence-corrected chi connectivity index (χ0v) is 15.0. The van der Waals surface area contributed by atoms with Crippen LogP contribution in [-0.4, -0.2) is 57.8 Å². The predicted octanol–water partition coefficient (Wildman–Crippen LogP) is 1.23. The molecule has 0 spiro atoms. The Balaban J connectivity index is 2.36. The molecule has 0 bridgehead atoms. The SMILES string of the molecule is COC(=O)CCCS(=O)(=O)N[C@H](C)CN1C[C@@H](C)C[C@H](C)C1. The molecule has 6 nitrogen and oxygen atoms in total. The van der Waals surface area contributed by atoms with Crippen molar-refractivity contribution in [3.05, 3.63) is 0 Å². The second kappa shape index (κ2) is 8.84. The second-order valence-electron chi connectivity index (χ2n) is 6.68. The molecule has 1 aliphatic rings. The van der Waals surface area contributed by atoms with Gasteiger partial charge in [-0.05, 0) is 31.6 Å². The van der Waals surface area contributed by atoms with E-state index in [1.54, 1.807) is 0 Å². The molecule has 1 heterocycles. The Morgan fingerprint density at radius 2 is 1.91 bits per heavy atom. The van der Waals surface area contributed by atoms with Gasteiger partial charge in [0.2, 0.25) is 10.0 Å². The summed E-state index contributed by atoms with van der Waals surface area (Å²) in [5, 5.41) is 0. The van der Waals surface area contributed by atoms with Crippen LogP contribution in [0.3, 0.4) is 0 Å². The van der Waals surface area contributed by atoms with Crippen LogP contribution in [0.4, 0.5) is 0 Å². The van der Waals surface area contributed by atoms with E-state index in [2.05, 4.69) is 28.2 Å². The van der Waals surface area contributed by atoms with E-state index < -0.39 is 10.0 Å². The van der Waals surface area contributed by atoms with Gasteiger partial charge in [0, 0.05) is 32.1 Å². The lowest BCUT2D eigenvalue weighted by atomic mass is 9.92. The molecule has 0 saturated carbocycles. The first-order chi connectivity index (χ1) is 10.2. The molecule has 7 heteroatoms. The highest BCUT2D eigenvalue weighted by atomic mass is 32.2. The summed E-state index contributed by atoms with van der Waals surface area (Å²) in [7, 11) is -2.04. The van der Waals surface area contributed by atoms with Crippen LogP contribution in [0, 0.1) is 11.8 Å². The van der Waals surface area contributed by atoms with Gasteiger partial charge in [0.15, 0.2) is 0 Å². The normalized spacial score (nSPS) is 24.9. The molecule has 0 aromatic heterocycles. The number of nitrogens with one attached hydrogen (secondary N) is 1. The van der Waals surface area contributed by atoms with E-state index in [1.165, 1.54) is 13.5 Å². The van der Waals surface area contributed by atoms with Crippen LogP contribution in [0.2, 0.25) is 0 Å². The third kappa shape index (κ3) is 7.56. The Labute approximate surface area is 134 Å². The third-order valence-electron chi connectivity index (χ3n) is 3.88. The zero-order chi connectivity index (χ0) is 16.8. The van der Waals surface area contributed by atoms with Crippen molar-refractivity contribution in [2.75, 3.05) is 32.5 Å². The van der Waals surface area contributed by atoms with Crippen molar-refractivity contribution in [3.8, 4) is 0 Å². The molecule has 1 fully saturated rings. The van der Waals surface area contributed by atoms with Crippen molar-refractivity contribution in [1.82, 2.24) is 9.62 Å². The average molecular weight is 334 g/mol. The number of likely N-dealkylation sites (tertiary alicyclic amines) is 1. The Morgan fingerprint density at radius 3 is 2.45 bits per heavy atom. The number of rotatable bonds is 8. The maximum absolute atomic E-state index is 12.0. The minimum atomic E-state index is -3.35. The summed E-state index contributed by atoms with van der Waals surface area (Å²) in [4.78, 5) is 13.3. The van der Waals surface area contributed by atoms with Gasteiger partial charge in [0.05, 0.1) is 12.9 Å². The van der Waals surface area contributed by atoms with E-state index in [-0.39, 0.29) is 30.6 Å². The summed E-state index contributed by atoms with van der Waals surface area (Å²) < 4.78 is 31.2. The molecule has 0 unspecified atom stereocenters. The molecule has 0 radical (unpaired) electrons. The Morgan fingerprint density at radius 1 is 1.32 bits per heavy atom. The van der Waals surface area contributed by atoms with Gasteiger partial charge in [-0.3, -0.25) is 4.79 Å². The standard InChI is InChI=1S/C15H30N2O4S/c1-12-8-13(2)10-17(9-12)11-14(3)16-22(19,20)7-5-6-15(18)21-4/h12-14,16H,5-11H2,1-4H3/t12-,13-,14+/m0/s1. The number of nitrogens with zero attached hydrogens (tertiary/aromatic N) is 1. The van der Waals surface area contributed by atoms with Gasteiger partial charge < -0.3 is 9.64 Å². The minimum absolute atomic E-state index is 0.0424. The predicted molar refractivity (Wildman–Crippen MR) is 87.0 cm³/mol. The smallest absolute Gasteiger partial charge is 0.305 e. The zero-order valence-electron chi connectivity index (χ0n) is 14.2. The molecule has 1 rings (SSSR count). The Kier molecular flexibility index (Phi) is 7.79. The number of methoxy groups -OCH3 is 1. The first kappa shape index (κ1) is 19.4. The van der Waals surface area contributed by atoms with E-state index in [9.17, 15) is 13.2 Å². The first-order valence-corrected chi connectivity index (χ1v) is 9.66. The van der Waals surface area contributed by atoms with Crippen molar-refractivity contribution in [3.63, 3.8) is 0 Å². The van der Waals surface area contributed by atoms with Gasteiger partial charge in [-0.1, -0.05) is 13.8 Å². The molecule has 22 heavy (non-hydrogen) atoms. The summed E-state index contributed by atoms with van der Waals surface area (Å²) >= 11 is 0. The molecule has 0 aromatic rings. The van der Waals surface area contributed by atoms with Gasteiger partial charge in [-0.15, -0.1) is 0 Å². The third-order valence-corrected chi connectivity index (χ3v) is 5.47. The van der Waals surface area contributed by atoms with Crippen molar-refractivity contribution < 1.29 is 17.9 Å². The van der Waals surface area contributed by atoms with Crippen LogP contribution < -0.4 is 4.72 Å². The molecule has 1 aliphatic heterocycles. The highest BCUT2D eigenvalue weighted by Crippen LogP contribution is 2.20. The van der Waals surface area contributed by atoms with Gasteiger partial charge >= 0.3 is 5.97 Å². The van der Waals surface area contributed by atoms with Crippen molar-refractivity contribution in [1.29, 1.82) is 0 Å². The van der Waals surface area contributed by atoms with E-state index in [4.69, 9.17) is 0 Å². The average Bonchev–Trinajstić information content (AvgIpc) is 2.35. The molecular formula is C15H30N2O4S. The molecule has 0 aromatic carbocycles. The molecule has 1 N–H and O–H groups in total. The number of sulfonamides is 1. The van der Waals surface area contributed by atoms with Crippen LogP contribution in [-0.2, 0) is 19.6 Å². The van der Waals surface area contributed by atoms with Gasteiger partial charge in [0.1, 0.15) is 0 Å². The van der Waals surface area contributed by atoms with E-state index in [0.717, 1.165) is 19.6 Å². The van der Waals surface area contributed by atoms with Crippen molar-refractivity contribution in [2.24, 2.45) is 11.8 Å². The monoisotopic (exact) mass is 334 g/mol. The summed E-state index contributed by atoms with van der Waals surface area (Å²) in [5.41, 5.74) is 0. The van der Waals surface area contributed by atoms with E-state index in [1.807, 2.05) is 6.92 Å². The fraction of sp³-hybridized carbons (Fsp3) is 0.933.